The molecule has 84 valence electrons. The lowest BCUT2D eigenvalue weighted by molar-refractivity contribution is -0.151. The van der Waals surface area contributed by atoms with E-state index in [0.717, 1.165) is 12.8 Å². The van der Waals surface area contributed by atoms with E-state index in [4.69, 9.17) is 0 Å². The zero-order chi connectivity index (χ0) is 11.2. The Morgan fingerprint density at radius 3 is 2.40 bits per heavy atom. The first-order valence-corrected chi connectivity index (χ1v) is 5.65. The largest absolute Gasteiger partial charge is 0.342 e. The Hall–Kier alpha value is -1.06. The highest BCUT2D eigenvalue weighted by molar-refractivity contribution is 5.97. The van der Waals surface area contributed by atoms with Gasteiger partial charge in [0.15, 0.2) is 0 Å². The lowest BCUT2D eigenvalue weighted by Gasteiger charge is -2.40. The van der Waals surface area contributed by atoms with Gasteiger partial charge in [-0.3, -0.25) is 9.59 Å². The maximum absolute atomic E-state index is 12.1. The molecule has 15 heavy (non-hydrogen) atoms. The molecule has 2 rings (SSSR count). The number of carbonyl (C=O) groups is 2. The van der Waals surface area contributed by atoms with Gasteiger partial charge < -0.3 is 10.2 Å². The lowest BCUT2D eigenvalue weighted by Crippen LogP contribution is -2.64. The third kappa shape index (κ3) is 1.73. The molecule has 1 saturated carbocycles. The normalized spacial score (nSPS) is 32.1. The number of hydrogen-bond donors (Lipinski definition) is 1. The average molecular weight is 210 g/mol. The second-order valence-corrected chi connectivity index (χ2v) is 4.84. The van der Waals surface area contributed by atoms with E-state index in [1.807, 2.05) is 13.8 Å². The highest BCUT2D eigenvalue weighted by Gasteiger charge is 2.46. The number of nitrogens with one attached hydrogen (secondary N) is 1. The predicted molar refractivity (Wildman–Crippen MR) is 56.1 cm³/mol. The Kier molecular flexibility index (Phi) is 2.44. The topological polar surface area (TPSA) is 49.4 Å². The quantitative estimate of drug-likeness (QED) is 0.722. The summed E-state index contributed by atoms with van der Waals surface area (Å²) in [5, 5.41) is 2.83. The molecule has 2 amide bonds. The second-order valence-electron chi connectivity index (χ2n) is 4.84. The van der Waals surface area contributed by atoms with E-state index >= 15 is 0 Å². The molecule has 0 bridgehead atoms. The molecule has 0 aromatic heterocycles. The predicted octanol–water partition coefficient (Wildman–Crippen LogP) is 0.520. The zero-order valence-corrected chi connectivity index (χ0v) is 9.49. The molecule has 0 spiro atoms. The van der Waals surface area contributed by atoms with Crippen molar-refractivity contribution in [1.29, 1.82) is 0 Å². The van der Waals surface area contributed by atoms with Crippen molar-refractivity contribution in [2.75, 3.05) is 0 Å². The lowest BCUT2D eigenvalue weighted by atomic mass is 10.0. The van der Waals surface area contributed by atoms with Crippen LogP contribution in [-0.2, 0) is 9.59 Å². The number of nitrogens with zero attached hydrogens (tertiary/aromatic N) is 1. The first-order valence-electron chi connectivity index (χ1n) is 5.65. The van der Waals surface area contributed by atoms with E-state index in [1.54, 1.807) is 11.8 Å². The molecule has 0 aromatic carbocycles. The summed E-state index contributed by atoms with van der Waals surface area (Å²) >= 11 is 0. The van der Waals surface area contributed by atoms with E-state index in [0.29, 0.717) is 5.92 Å². The minimum Gasteiger partial charge on any atom is -0.342 e. The fraction of sp³-hybridized carbons (Fsp3) is 0.818. The van der Waals surface area contributed by atoms with Crippen molar-refractivity contribution < 1.29 is 9.59 Å². The third-order valence-corrected chi connectivity index (χ3v) is 3.26. The summed E-state index contributed by atoms with van der Waals surface area (Å²) in [6.07, 6.45) is 2.13. The van der Waals surface area contributed by atoms with Crippen LogP contribution in [-0.4, -0.2) is 34.8 Å². The number of hydrogen-bond acceptors (Lipinski definition) is 2. The fourth-order valence-electron chi connectivity index (χ4n) is 2.26. The molecule has 0 aromatic rings. The first-order chi connectivity index (χ1) is 7.02. The minimum absolute atomic E-state index is 0.0137. The van der Waals surface area contributed by atoms with Gasteiger partial charge in [0.1, 0.15) is 12.1 Å². The molecule has 1 saturated heterocycles. The van der Waals surface area contributed by atoms with Crippen LogP contribution in [0.15, 0.2) is 0 Å². The van der Waals surface area contributed by atoms with Gasteiger partial charge in [-0.25, -0.2) is 0 Å². The highest BCUT2D eigenvalue weighted by Crippen LogP contribution is 2.35. The van der Waals surface area contributed by atoms with Gasteiger partial charge in [0.25, 0.3) is 0 Å². The fourth-order valence-corrected chi connectivity index (χ4v) is 2.26. The zero-order valence-electron chi connectivity index (χ0n) is 9.49. The van der Waals surface area contributed by atoms with Crippen LogP contribution in [0.25, 0.3) is 0 Å². The first kappa shape index (κ1) is 10.5. The van der Waals surface area contributed by atoms with Crippen molar-refractivity contribution >= 4 is 11.8 Å². The summed E-state index contributed by atoms with van der Waals surface area (Å²) in [5.41, 5.74) is 0. The van der Waals surface area contributed by atoms with Gasteiger partial charge in [-0.1, -0.05) is 0 Å². The van der Waals surface area contributed by atoms with Gasteiger partial charge in [0.2, 0.25) is 11.8 Å². The van der Waals surface area contributed by atoms with Crippen molar-refractivity contribution in [3.63, 3.8) is 0 Å². The van der Waals surface area contributed by atoms with Crippen LogP contribution in [0.2, 0.25) is 0 Å². The monoisotopic (exact) mass is 210 g/mol. The molecule has 4 heteroatoms. The van der Waals surface area contributed by atoms with Crippen molar-refractivity contribution in [3.8, 4) is 0 Å². The van der Waals surface area contributed by atoms with Gasteiger partial charge in [-0.15, -0.1) is 0 Å². The van der Waals surface area contributed by atoms with Crippen LogP contribution < -0.4 is 5.32 Å². The maximum atomic E-state index is 12.1. The number of carbonyl (C=O) groups excluding carboxylic acids is 2. The molecule has 1 aliphatic heterocycles. The van der Waals surface area contributed by atoms with Gasteiger partial charge in [0, 0.05) is 6.04 Å². The number of amides is 2. The Labute approximate surface area is 90.0 Å². The average Bonchev–Trinajstić information content (AvgIpc) is 2.94. The van der Waals surface area contributed by atoms with Crippen LogP contribution in [0.4, 0.5) is 0 Å². The Morgan fingerprint density at radius 1 is 1.33 bits per heavy atom. The summed E-state index contributed by atoms with van der Waals surface area (Å²) in [5.74, 6) is 0.468. The molecule has 2 aliphatic rings. The van der Waals surface area contributed by atoms with Crippen LogP contribution in [0.3, 0.4) is 0 Å². The van der Waals surface area contributed by atoms with E-state index in [9.17, 15) is 9.59 Å². The van der Waals surface area contributed by atoms with Crippen LogP contribution in [0.5, 0.6) is 0 Å². The van der Waals surface area contributed by atoms with Crippen molar-refractivity contribution in [2.45, 2.75) is 51.7 Å². The molecule has 1 heterocycles. The van der Waals surface area contributed by atoms with E-state index in [-0.39, 0.29) is 29.9 Å². The summed E-state index contributed by atoms with van der Waals surface area (Å²) in [6.45, 7) is 5.70. The van der Waals surface area contributed by atoms with Crippen LogP contribution in [0.1, 0.15) is 33.6 Å². The Morgan fingerprint density at radius 2 is 1.93 bits per heavy atom. The highest BCUT2D eigenvalue weighted by atomic mass is 16.2. The maximum Gasteiger partial charge on any atom is 0.246 e. The standard InChI is InChI=1S/C11H18N2O2/c1-6(2)13-7(3)10(14)12-9(11(13)15)8-4-5-8/h6-9H,4-5H2,1-3H3,(H,12,14). The van der Waals surface area contributed by atoms with Gasteiger partial charge in [-0.2, -0.15) is 0 Å². The summed E-state index contributed by atoms with van der Waals surface area (Å²) in [4.78, 5) is 25.5. The smallest absolute Gasteiger partial charge is 0.246 e. The van der Waals surface area contributed by atoms with E-state index in [1.165, 1.54) is 0 Å². The molecule has 2 atom stereocenters. The number of piperazine rings is 1. The minimum atomic E-state index is -0.326. The summed E-state index contributed by atoms with van der Waals surface area (Å²) < 4.78 is 0. The molecular weight excluding hydrogens is 192 g/mol. The molecule has 0 radical (unpaired) electrons. The SMILES string of the molecule is CC(C)N1C(=O)C(C2CC2)NC(=O)C1C. The Balaban J connectivity index is 2.19. The molecule has 1 aliphatic carbocycles. The van der Waals surface area contributed by atoms with Gasteiger partial charge in [0.05, 0.1) is 0 Å². The summed E-state index contributed by atoms with van der Waals surface area (Å²) in [6, 6.07) is -0.483. The molecule has 4 nitrogen and oxygen atoms in total. The van der Waals surface area contributed by atoms with Crippen LogP contribution >= 0.6 is 0 Å². The molecule has 2 unspecified atom stereocenters. The molecule has 2 fully saturated rings. The van der Waals surface area contributed by atoms with Gasteiger partial charge in [-0.05, 0) is 39.5 Å². The third-order valence-electron chi connectivity index (χ3n) is 3.26. The van der Waals surface area contributed by atoms with E-state index < -0.39 is 0 Å². The second kappa shape index (κ2) is 3.51. The van der Waals surface area contributed by atoms with Crippen LogP contribution in [0, 0.1) is 5.92 Å². The van der Waals surface area contributed by atoms with Crippen molar-refractivity contribution in [2.24, 2.45) is 5.92 Å². The number of rotatable bonds is 2. The van der Waals surface area contributed by atoms with Crippen molar-refractivity contribution in [3.05, 3.63) is 0 Å². The summed E-state index contributed by atoms with van der Waals surface area (Å²) in [7, 11) is 0. The van der Waals surface area contributed by atoms with Gasteiger partial charge >= 0.3 is 0 Å². The molecular formula is C11H18N2O2. The Bertz CT molecular complexity index is 297. The van der Waals surface area contributed by atoms with Crippen molar-refractivity contribution in [1.82, 2.24) is 10.2 Å². The molecule has 1 N–H and O–H groups in total. The van der Waals surface area contributed by atoms with E-state index in [2.05, 4.69) is 5.32 Å².